The van der Waals surface area contributed by atoms with E-state index in [9.17, 15) is 9.59 Å². The summed E-state index contributed by atoms with van der Waals surface area (Å²) < 4.78 is 6.89. The number of rotatable bonds is 5. The van der Waals surface area contributed by atoms with E-state index in [1.54, 1.807) is 29.5 Å². The van der Waals surface area contributed by atoms with Crippen molar-refractivity contribution in [3.8, 4) is 5.75 Å². The highest BCUT2D eigenvalue weighted by molar-refractivity contribution is 7.18. The highest BCUT2D eigenvalue weighted by Gasteiger charge is 2.12. The number of carbonyl (C=O) groups is 2. The zero-order valence-electron chi connectivity index (χ0n) is 13.3. The molecule has 0 bridgehead atoms. The zero-order valence-corrected chi connectivity index (χ0v) is 14.1. The molecule has 1 heterocycles. The van der Waals surface area contributed by atoms with E-state index in [0.717, 1.165) is 15.2 Å². The Labute approximate surface area is 143 Å². The first kappa shape index (κ1) is 16.1. The maximum atomic E-state index is 11.9. The number of amides is 1. The summed E-state index contributed by atoms with van der Waals surface area (Å²) in [7, 11) is 0. The highest BCUT2D eigenvalue weighted by atomic mass is 32.1. The van der Waals surface area contributed by atoms with E-state index in [-0.39, 0.29) is 11.7 Å². The molecule has 0 saturated carbocycles. The van der Waals surface area contributed by atoms with Crippen molar-refractivity contribution in [3.05, 3.63) is 53.0 Å². The van der Waals surface area contributed by atoms with Crippen LogP contribution in [0.5, 0.6) is 5.75 Å². The van der Waals surface area contributed by atoms with E-state index in [4.69, 9.17) is 4.74 Å². The molecule has 0 aliphatic heterocycles. The van der Waals surface area contributed by atoms with Gasteiger partial charge < -0.3 is 10.1 Å². The number of Topliss-reactive ketones (excluding diaryl/α,β-unsaturated/α-hetero) is 1. The minimum absolute atomic E-state index is 0.124. The van der Waals surface area contributed by atoms with Gasteiger partial charge in [-0.1, -0.05) is 12.1 Å². The van der Waals surface area contributed by atoms with Gasteiger partial charge in [0.05, 0.1) is 15.8 Å². The van der Waals surface area contributed by atoms with Crippen molar-refractivity contribution < 1.29 is 14.3 Å². The van der Waals surface area contributed by atoms with E-state index in [1.807, 2.05) is 24.3 Å². The molecule has 0 spiro atoms. The maximum Gasteiger partial charge on any atom is 0.221 e. The number of carbonyl (C=O) groups excluding carboxylic acids is 2. The molecule has 0 radical (unpaired) electrons. The predicted molar refractivity (Wildman–Crippen MR) is 94.7 cm³/mol. The molecule has 0 atom stereocenters. The minimum Gasteiger partial charge on any atom is -0.486 e. The van der Waals surface area contributed by atoms with Crippen LogP contribution >= 0.6 is 11.3 Å². The summed E-state index contributed by atoms with van der Waals surface area (Å²) in [5.74, 6) is 0.171. The Morgan fingerprint density at radius 1 is 1.17 bits per heavy atom. The number of thiazole rings is 1. The highest BCUT2D eigenvalue weighted by Crippen LogP contribution is 2.26. The summed E-state index contributed by atoms with van der Waals surface area (Å²) in [5.41, 5.74) is 1.94. The van der Waals surface area contributed by atoms with Crippen LogP contribution in [0.2, 0.25) is 0 Å². The Balaban J connectivity index is 1.80. The smallest absolute Gasteiger partial charge is 0.221 e. The van der Waals surface area contributed by atoms with E-state index < -0.39 is 0 Å². The number of benzene rings is 2. The molecule has 24 heavy (non-hydrogen) atoms. The summed E-state index contributed by atoms with van der Waals surface area (Å²) >= 11 is 1.56. The van der Waals surface area contributed by atoms with Crippen LogP contribution in [0.3, 0.4) is 0 Å². The van der Waals surface area contributed by atoms with Crippen LogP contribution in [0.15, 0.2) is 42.5 Å². The van der Waals surface area contributed by atoms with Crippen LogP contribution in [0.4, 0.5) is 5.69 Å². The van der Waals surface area contributed by atoms with Crippen molar-refractivity contribution in [3.63, 3.8) is 0 Å². The Hall–Kier alpha value is -2.73. The molecule has 122 valence electrons. The number of ether oxygens (including phenoxy) is 1. The van der Waals surface area contributed by atoms with Crippen LogP contribution in [0, 0.1) is 0 Å². The number of nitrogens with one attached hydrogen (secondary N) is 1. The molecule has 2 aromatic carbocycles. The first-order valence-corrected chi connectivity index (χ1v) is 8.24. The Morgan fingerprint density at radius 3 is 2.67 bits per heavy atom. The fraction of sp³-hybridized carbons (Fsp3) is 0.167. The number of hydrogen-bond donors (Lipinski definition) is 1. The second-order valence-corrected chi connectivity index (χ2v) is 6.43. The lowest BCUT2D eigenvalue weighted by molar-refractivity contribution is -0.114. The third-order valence-electron chi connectivity index (χ3n) is 3.37. The normalized spacial score (nSPS) is 10.6. The van der Waals surface area contributed by atoms with Crippen molar-refractivity contribution >= 4 is 38.9 Å². The molecule has 6 heteroatoms. The topological polar surface area (TPSA) is 68.3 Å². The zero-order chi connectivity index (χ0) is 17.1. The summed E-state index contributed by atoms with van der Waals surface area (Å²) in [6, 6.07) is 12.9. The van der Waals surface area contributed by atoms with Crippen LogP contribution in [-0.4, -0.2) is 16.7 Å². The van der Waals surface area contributed by atoms with Crippen molar-refractivity contribution in [1.29, 1.82) is 0 Å². The fourth-order valence-corrected chi connectivity index (χ4v) is 3.21. The number of anilines is 1. The number of para-hydroxylation sites is 1. The largest absolute Gasteiger partial charge is 0.486 e. The van der Waals surface area contributed by atoms with Crippen LogP contribution in [-0.2, 0) is 11.4 Å². The third kappa shape index (κ3) is 3.60. The molecule has 1 aromatic heterocycles. The molecule has 1 N–H and O–H groups in total. The molecule has 0 unspecified atom stereocenters. The van der Waals surface area contributed by atoms with Gasteiger partial charge in [0.1, 0.15) is 17.4 Å². The van der Waals surface area contributed by atoms with E-state index in [0.29, 0.717) is 23.6 Å². The molecule has 3 rings (SSSR count). The molecule has 0 aliphatic carbocycles. The third-order valence-corrected chi connectivity index (χ3v) is 4.38. The monoisotopic (exact) mass is 340 g/mol. The molecule has 3 aromatic rings. The summed E-state index contributed by atoms with van der Waals surface area (Å²) in [6.45, 7) is 3.18. The molecule has 5 nitrogen and oxygen atoms in total. The van der Waals surface area contributed by atoms with Crippen molar-refractivity contribution in [1.82, 2.24) is 4.98 Å². The van der Waals surface area contributed by atoms with Gasteiger partial charge in [-0.2, -0.15) is 0 Å². The number of nitrogens with zero attached hydrogens (tertiary/aromatic N) is 1. The number of hydrogen-bond acceptors (Lipinski definition) is 5. The lowest BCUT2D eigenvalue weighted by atomic mass is 10.1. The summed E-state index contributed by atoms with van der Waals surface area (Å²) in [4.78, 5) is 27.5. The van der Waals surface area contributed by atoms with Gasteiger partial charge in [0.25, 0.3) is 0 Å². The molecule has 0 aliphatic rings. The van der Waals surface area contributed by atoms with Gasteiger partial charge in [0.15, 0.2) is 5.78 Å². The number of ketones is 1. The molecule has 0 saturated heterocycles. The Kier molecular flexibility index (Phi) is 4.57. The molecular weight excluding hydrogens is 324 g/mol. The molecule has 0 fully saturated rings. The molecule has 1 amide bonds. The van der Waals surface area contributed by atoms with Crippen molar-refractivity contribution in [2.45, 2.75) is 20.5 Å². The predicted octanol–water partition coefficient (Wildman–Crippen LogP) is 4.04. The van der Waals surface area contributed by atoms with Crippen molar-refractivity contribution in [2.24, 2.45) is 0 Å². The first-order valence-electron chi connectivity index (χ1n) is 7.43. The van der Waals surface area contributed by atoms with E-state index >= 15 is 0 Å². The van der Waals surface area contributed by atoms with Gasteiger partial charge in [-0.3, -0.25) is 9.59 Å². The SMILES string of the molecule is CC(=O)Nc1ccc(OCc2nc3ccccc3s2)c(C(C)=O)c1. The molecular formula is C18H16N2O3S. The standard InChI is InChI=1S/C18H16N2O3S/c1-11(21)14-9-13(19-12(2)22)7-8-16(14)23-10-18-20-15-5-3-4-6-17(15)24-18/h3-9H,10H2,1-2H3,(H,19,22). The van der Waals surface area contributed by atoms with E-state index in [1.165, 1.54) is 13.8 Å². The first-order chi connectivity index (χ1) is 11.5. The lowest BCUT2D eigenvalue weighted by Crippen LogP contribution is -2.08. The van der Waals surface area contributed by atoms with Gasteiger partial charge >= 0.3 is 0 Å². The van der Waals surface area contributed by atoms with Gasteiger partial charge in [0, 0.05) is 12.6 Å². The van der Waals surface area contributed by atoms with Crippen LogP contribution in [0.25, 0.3) is 10.2 Å². The number of fused-ring (bicyclic) bond motifs is 1. The fourth-order valence-electron chi connectivity index (χ4n) is 2.33. The summed E-state index contributed by atoms with van der Waals surface area (Å²) in [5, 5.41) is 3.51. The van der Waals surface area contributed by atoms with Crippen LogP contribution in [0.1, 0.15) is 29.2 Å². The van der Waals surface area contributed by atoms with E-state index in [2.05, 4.69) is 10.3 Å². The van der Waals surface area contributed by atoms with Crippen molar-refractivity contribution in [2.75, 3.05) is 5.32 Å². The Bertz CT molecular complexity index is 885. The average Bonchev–Trinajstić information content (AvgIpc) is 2.95. The summed E-state index contributed by atoms with van der Waals surface area (Å²) in [6.07, 6.45) is 0. The lowest BCUT2D eigenvalue weighted by Gasteiger charge is -2.11. The van der Waals surface area contributed by atoms with Gasteiger partial charge in [-0.05, 0) is 37.3 Å². The number of aromatic nitrogens is 1. The maximum absolute atomic E-state index is 11.9. The second-order valence-electron chi connectivity index (χ2n) is 5.31. The van der Waals surface area contributed by atoms with Gasteiger partial charge in [-0.25, -0.2) is 4.98 Å². The average molecular weight is 340 g/mol. The quantitative estimate of drug-likeness (QED) is 0.712. The minimum atomic E-state index is -0.187. The van der Waals surface area contributed by atoms with Gasteiger partial charge in [0.2, 0.25) is 5.91 Å². The Morgan fingerprint density at radius 2 is 1.96 bits per heavy atom. The van der Waals surface area contributed by atoms with Crippen LogP contribution < -0.4 is 10.1 Å². The van der Waals surface area contributed by atoms with Gasteiger partial charge in [-0.15, -0.1) is 11.3 Å². The second kappa shape index (κ2) is 6.80.